The van der Waals surface area contributed by atoms with Gasteiger partial charge in [0.2, 0.25) is 0 Å². The molecule has 0 spiro atoms. The summed E-state index contributed by atoms with van der Waals surface area (Å²) in [5.41, 5.74) is 5.34. The highest BCUT2D eigenvalue weighted by Crippen LogP contribution is 2.28. The molecule has 0 saturated heterocycles. The van der Waals surface area contributed by atoms with E-state index in [0.717, 1.165) is 23.2 Å². The van der Waals surface area contributed by atoms with Crippen molar-refractivity contribution in [3.63, 3.8) is 0 Å². The highest BCUT2D eigenvalue weighted by atomic mass is 16.3. The van der Waals surface area contributed by atoms with Crippen LogP contribution in [0.3, 0.4) is 0 Å². The minimum absolute atomic E-state index is 0.0712. The summed E-state index contributed by atoms with van der Waals surface area (Å²) < 4.78 is 0. The van der Waals surface area contributed by atoms with Gasteiger partial charge in [0.1, 0.15) is 5.75 Å². The number of hydrogen-bond donors (Lipinski definition) is 2. The molecule has 0 unspecified atom stereocenters. The predicted molar refractivity (Wildman–Crippen MR) is 99.4 cm³/mol. The second-order valence-corrected chi connectivity index (χ2v) is 7.15. The molecule has 0 aliphatic rings. The molecule has 2 rings (SSSR count). The van der Waals surface area contributed by atoms with Crippen molar-refractivity contribution >= 4 is 11.6 Å². The van der Waals surface area contributed by atoms with Gasteiger partial charge in [-0.2, -0.15) is 0 Å². The van der Waals surface area contributed by atoms with Gasteiger partial charge in [-0.25, -0.2) is 0 Å². The summed E-state index contributed by atoms with van der Waals surface area (Å²) in [5, 5.41) is 13.9. The van der Waals surface area contributed by atoms with Crippen LogP contribution in [0.5, 0.6) is 5.75 Å². The Morgan fingerprint density at radius 2 is 1.78 bits per heavy atom. The second-order valence-electron chi connectivity index (χ2n) is 7.15. The molecule has 23 heavy (non-hydrogen) atoms. The summed E-state index contributed by atoms with van der Waals surface area (Å²) in [7, 11) is 0. The van der Waals surface area contributed by atoms with E-state index in [1.54, 1.807) is 0 Å². The zero-order chi connectivity index (χ0) is 17.0. The van der Waals surface area contributed by atoms with Crippen molar-refractivity contribution < 1.29 is 5.11 Å². The topological polar surface area (TPSA) is 32.3 Å². The van der Waals surface area contributed by atoms with E-state index in [2.05, 4.69) is 57.3 Å². The second kappa shape index (κ2) is 7.01. The van der Waals surface area contributed by atoms with Crippen molar-refractivity contribution in [1.82, 2.24) is 5.32 Å². The molecule has 0 radical (unpaired) electrons. The van der Waals surface area contributed by atoms with Crippen LogP contribution < -0.4 is 5.32 Å². The fourth-order valence-corrected chi connectivity index (χ4v) is 2.48. The van der Waals surface area contributed by atoms with E-state index in [0.29, 0.717) is 5.75 Å². The molecule has 2 aromatic carbocycles. The molecule has 0 fully saturated rings. The number of rotatable bonds is 4. The third-order valence-corrected chi connectivity index (χ3v) is 3.81. The zero-order valence-electron chi connectivity index (χ0n) is 14.8. The van der Waals surface area contributed by atoms with Crippen LogP contribution in [0.4, 0.5) is 0 Å². The van der Waals surface area contributed by atoms with Gasteiger partial charge in [-0.05, 0) is 69.0 Å². The zero-order valence-corrected chi connectivity index (χ0v) is 14.8. The molecule has 0 bridgehead atoms. The minimum Gasteiger partial charge on any atom is -0.507 e. The standard InChI is InChI=1S/C21H27NO/c1-15(18-9-7-6-8-10-18)12-19-13-17(11-16(2)20(19)23)14-22-21(3,4)5/h6-13,22-23H,14H2,1-5H3. The van der Waals surface area contributed by atoms with Crippen LogP contribution in [-0.2, 0) is 6.54 Å². The molecule has 2 aromatic rings. The van der Waals surface area contributed by atoms with Crippen LogP contribution in [0.2, 0.25) is 0 Å². The first kappa shape index (κ1) is 17.3. The molecular weight excluding hydrogens is 282 g/mol. The maximum Gasteiger partial charge on any atom is 0.125 e. The summed E-state index contributed by atoms with van der Waals surface area (Å²) in [6.45, 7) is 11.3. The fourth-order valence-electron chi connectivity index (χ4n) is 2.48. The molecule has 2 heteroatoms. The van der Waals surface area contributed by atoms with Crippen LogP contribution in [0.15, 0.2) is 42.5 Å². The molecular formula is C21H27NO. The molecule has 0 atom stereocenters. The Morgan fingerprint density at radius 3 is 2.39 bits per heavy atom. The van der Waals surface area contributed by atoms with Crippen LogP contribution in [0.1, 0.15) is 49.9 Å². The average molecular weight is 309 g/mol. The Morgan fingerprint density at radius 1 is 1.13 bits per heavy atom. The van der Waals surface area contributed by atoms with E-state index in [1.165, 1.54) is 11.1 Å². The number of allylic oxidation sites excluding steroid dienone is 1. The molecule has 0 saturated carbocycles. The lowest BCUT2D eigenvalue weighted by atomic mass is 9.99. The highest BCUT2D eigenvalue weighted by Gasteiger charge is 2.11. The predicted octanol–water partition coefficient (Wildman–Crippen LogP) is 5.15. The number of phenols is 1. The molecule has 2 N–H and O–H groups in total. The molecule has 0 aliphatic heterocycles. The Bertz CT molecular complexity index is 694. The van der Waals surface area contributed by atoms with Crippen molar-refractivity contribution in [3.8, 4) is 5.75 Å². The van der Waals surface area contributed by atoms with Crippen molar-refractivity contribution in [2.75, 3.05) is 0 Å². The molecule has 0 aliphatic carbocycles. The van der Waals surface area contributed by atoms with Crippen LogP contribution in [0, 0.1) is 6.92 Å². The molecule has 122 valence electrons. The monoisotopic (exact) mass is 309 g/mol. The maximum absolute atomic E-state index is 10.4. The molecule has 0 amide bonds. The van der Waals surface area contributed by atoms with Gasteiger partial charge in [0.05, 0.1) is 0 Å². The third-order valence-electron chi connectivity index (χ3n) is 3.81. The SMILES string of the molecule is CC(=Cc1cc(CNC(C)(C)C)cc(C)c1O)c1ccccc1. The lowest BCUT2D eigenvalue weighted by Crippen LogP contribution is -2.35. The fraction of sp³-hybridized carbons (Fsp3) is 0.333. The van der Waals surface area contributed by atoms with Gasteiger partial charge in [0.25, 0.3) is 0 Å². The van der Waals surface area contributed by atoms with Crippen LogP contribution in [-0.4, -0.2) is 10.6 Å². The van der Waals surface area contributed by atoms with Crippen LogP contribution >= 0.6 is 0 Å². The average Bonchev–Trinajstić information content (AvgIpc) is 2.50. The first-order chi connectivity index (χ1) is 10.8. The first-order valence-electron chi connectivity index (χ1n) is 8.07. The minimum atomic E-state index is 0.0712. The van der Waals surface area contributed by atoms with Gasteiger partial charge >= 0.3 is 0 Å². The summed E-state index contributed by atoms with van der Waals surface area (Å²) in [5.74, 6) is 0.361. The van der Waals surface area contributed by atoms with Gasteiger partial charge in [0, 0.05) is 17.6 Å². The summed E-state index contributed by atoms with van der Waals surface area (Å²) >= 11 is 0. The summed E-state index contributed by atoms with van der Waals surface area (Å²) in [6.07, 6.45) is 2.05. The quantitative estimate of drug-likeness (QED) is 0.766. The van der Waals surface area contributed by atoms with Gasteiger partial charge in [-0.1, -0.05) is 36.4 Å². The van der Waals surface area contributed by atoms with Gasteiger partial charge < -0.3 is 10.4 Å². The number of nitrogens with one attached hydrogen (secondary N) is 1. The molecule has 0 aromatic heterocycles. The Hall–Kier alpha value is -2.06. The van der Waals surface area contributed by atoms with Gasteiger partial charge in [-0.3, -0.25) is 0 Å². The van der Waals surface area contributed by atoms with Crippen LogP contribution in [0.25, 0.3) is 11.6 Å². The van der Waals surface area contributed by atoms with E-state index in [1.807, 2.05) is 31.2 Å². The maximum atomic E-state index is 10.4. The van der Waals surface area contributed by atoms with E-state index < -0.39 is 0 Å². The summed E-state index contributed by atoms with van der Waals surface area (Å²) in [6, 6.07) is 14.3. The van der Waals surface area contributed by atoms with Gasteiger partial charge in [0.15, 0.2) is 0 Å². The smallest absolute Gasteiger partial charge is 0.125 e. The van der Waals surface area contributed by atoms with Gasteiger partial charge in [-0.15, -0.1) is 0 Å². The molecule has 0 heterocycles. The molecule has 2 nitrogen and oxygen atoms in total. The van der Waals surface area contributed by atoms with E-state index in [4.69, 9.17) is 0 Å². The van der Waals surface area contributed by atoms with Crippen molar-refractivity contribution in [2.45, 2.75) is 46.7 Å². The van der Waals surface area contributed by atoms with Crippen molar-refractivity contribution in [1.29, 1.82) is 0 Å². The Labute approximate surface area is 139 Å². The largest absolute Gasteiger partial charge is 0.507 e. The lowest BCUT2D eigenvalue weighted by molar-refractivity contribution is 0.423. The normalized spacial score (nSPS) is 12.5. The number of hydrogen-bond acceptors (Lipinski definition) is 2. The van der Waals surface area contributed by atoms with Crippen molar-refractivity contribution in [3.05, 3.63) is 64.7 Å². The van der Waals surface area contributed by atoms with E-state index >= 15 is 0 Å². The van der Waals surface area contributed by atoms with E-state index in [-0.39, 0.29) is 5.54 Å². The number of aryl methyl sites for hydroxylation is 1. The third kappa shape index (κ3) is 4.97. The first-order valence-corrected chi connectivity index (χ1v) is 8.07. The number of phenolic OH excluding ortho intramolecular Hbond substituents is 1. The number of benzene rings is 2. The van der Waals surface area contributed by atoms with Crippen molar-refractivity contribution in [2.24, 2.45) is 0 Å². The highest BCUT2D eigenvalue weighted by molar-refractivity contribution is 5.82. The Kier molecular flexibility index (Phi) is 5.27. The lowest BCUT2D eigenvalue weighted by Gasteiger charge is -2.21. The number of aromatic hydroxyl groups is 1. The summed E-state index contributed by atoms with van der Waals surface area (Å²) in [4.78, 5) is 0. The van der Waals surface area contributed by atoms with E-state index in [9.17, 15) is 5.11 Å². The Balaban J connectivity index is 2.33.